The van der Waals surface area contributed by atoms with Crippen molar-refractivity contribution in [1.82, 2.24) is 10.3 Å². The van der Waals surface area contributed by atoms with Gasteiger partial charge in [-0.15, -0.1) is 0 Å². The topological polar surface area (TPSA) is 54.1 Å². The summed E-state index contributed by atoms with van der Waals surface area (Å²) in [4.78, 5) is 17.0. The highest BCUT2D eigenvalue weighted by atomic mass is 28.3. The molecule has 2 N–H and O–H groups in total. The number of hydrogen-bond acceptors (Lipinski definition) is 2. The first-order chi connectivity index (χ1) is 14.3. The van der Waals surface area contributed by atoms with Crippen LogP contribution in [-0.2, 0) is 28.0 Å². The summed E-state index contributed by atoms with van der Waals surface area (Å²) in [5, 5.41) is 4.71. The Balaban J connectivity index is 1.91. The van der Waals surface area contributed by atoms with E-state index in [1.54, 1.807) is 0 Å². The third-order valence-electron chi connectivity index (χ3n) is 6.84. The molecule has 0 saturated carbocycles. The molecule has 2 atom stereocenters. The van der Waals surface area contributed by atoms with Gasteiger partial charge in [0.25, 0.3) is 0 Å². The Bertz CT molecular complexity index is 883. The van der Waals surface area contributed by atoms with Gasteiger partial charge in [0.05, 0.1) is 26.8 Å². The number of aromatic amines is 1. The van der Waals surface area contributed by atoms with Gasteiger partial charge in [-0.3, -0.25) is 4.79 Å². The lowest BCUT2D eigenvalue weighted by Crippen LogP contribution is -2.52. The predicted octanol–water partition coefficient (Wildman–Crippen LogP) is 5.85. The largest absolute Gasteiger partial charge is 0.368 e. The van der Waals surface area contributed by atoms with Gasteiger partial charge in [0.2, 0.25) is 5.91 Å². The van der Waals surface area contributed by atoms with Crippen molar-refractivity contribution in [3.8, 4) is 0 Å². The lowest BCUT2D eigenvalue weighted by atomic mass is 9.86. The molecule has 0 radical (unpaired) electrons. The van der Waals surface area contributed by atoms with E-state index in [0.29, 0.717) is 18.7 Å². The summed E-state index contributed by atoms with van der Waals surface area (Å²) >= 11 is 0. The highest BCUT2D eigenvalue weighted by Crippen LogP contribution is 2.42. The minimum atomic E-state index is -1.48. The van der Waals surface area contributed by atoms with Gasteiger partial charge in [-0.25, -0.2) is 0 Å². The Kier molecular flexibility index (Phi) is 7.13. The van der Waals surface area contributed by atoms with E-state index in [1.807, 2.05) is 0 Å². The molecule has 0 fully saturated rings. The number of nitrogens with one attached hydrogen (secondary N) is 2. The molecule has 0 saturated heterocycles. The SMILES string of the molecule is CCCCC(NC(=O)CC1(CC)OCCc2c1[nH]c1c(CC)cccc21)[Si](C)(C)C. The molecule has 4 nitrogen and oxygen atoms in total. The van der Waals surface area contributed by atoms with Gasteiger partial charge < -0.3 is 15.0 Å². The van der Waals surface area contributed by atoms with E-state index in [0.717, 1.165) is 44.2 Å². The Labute approximate surface area is 183 Å². The summed E-state index contributed by atoms with van der Waals surface area (Å²) in [6.45, 7) is 14.3. The second-order valence-electron chi connectivity index (χ2n) is 9.92. The maximum atomic E-state index is 13.3. The minimum Gasteiger partial charge on any atom is -0.368 e. The van der Waals surface area contributed by atoms with Crippen molar-refractivity contribution < 1.29 is 9.53 Å². The zero-order valence-electron chi connectivity index (χ0n) is 19.8. The van der Waals surface area contributed by atoms with E-state index < -0.39 is 13.7 Å². The van der Waals surface area contributed by atoms with Crippen molar-refractivity contribution in [2.75, 3.05) is 6.61 Å². The van der Waals surface area contributed by atoms with Gasteiger partial charge in [-0.2, -0.15) is 0 Å². The van der Waals surface area contributed by atoms with Crippen LogP contribution in [0.2, 0.25) is 19.6 Å². The second kappa shape index (κ2) is 9.27. The second-order valence-corrected chi connectivity index (χ2v) is 15.4. The molecule has 2 heterocycles. The van der Waals surface area contributed by atoms with E-state index in [4.69, 9.17) is 4.74 Å². The number of unbranched alkanes of at least 4 members (excludes halogenated alkanes) is 1. The van der Waals surface area contributed by atoms with E-state index >= 15 is 0 Å². The molecule has 1 aliphatic heterocycles. The van der Waals surface area contributed by atoms with Crippen molar-refractivity contribution in [2.24, 2.45) is 0 Å². The number of para-hydroxylation sites is 1. The number of hydrogen-bond donors (Lipinski definition) is 2. The van der Waals surface area contributed by atoms with Crippen LogP contribution in [0.5, 0.6) is 0 Å². The summed E-state index contributed by atoms with van der Waals surface area (Å²) in [5.74, 6) is 0.127. The number of carbonyl (C=O) groups excluding carboxylic acids is 1. The van der Waals surface area contributed by atoms with Crippen molar-refractivity contribution in [1.29, 1.82) is 0 Å². The smallest absolute Gasteiger partial charge is 0.223 e. The molecule has 3 rings (SSSR count). The number of ether oxygens (including phenoxy) is 1. The fourth-order valence-corrected chi connectivity index (χ4v) is 6.54. The Morgan fingerprint density at radius 1 is 1.27 bits per heavy atom. The van der Waals surface area contributed by atoms with Crippen LogP contribution < -0.4 is 5.32 Å². The molecule has 1 amide bonds. The fraction of sp³-hybridized carbons (Fsp3) is 0.640. The highest BCUT2D eigenvalue weighted by Gasteiger charge is 2.41. The van der Waals surface area contributed by atoms with Gasteiger partial charge in [0.15, 0.2) is 0 Å². The number of amides is 1. The van der Waals surface area contributed by atoms with E-state index in [1.165, 1.54) is 22.0 Å². The third-order valence-corrected chi connectivity index (χ3v) is 9.36. The Morgan fingerprint density at radius 2 is 2.03 bits per heavy atom. The average Bonchev–Trinajstić information content (AvgIpc) is 3.10. The van der Waals surface area contributed by atoms with Crippen LogP contribution in [0, 0.1) is 0 Å². The molecule has 0 bridgehead atoms. The number of H-pyrrole nitrogens is 1. The van der Waals surface area contributed by atoms with Gasteiger partial charge in [0.1, 0.15) is 5.60 Å². The summed E-state index contributed by atoms with van der Waals surface area (Å²) in [6, 6.07) is 6.55. The number of rotatable bonds is 9. The van der Waals surface area contributed by atoms with Gasteiger partial charge in [-0.1, -0.05) is 71.5 Å². The lowest BCUT2D eigenvalue weighted by Gasteiger charge is -2.37. The monoisotopic (exact) mass is 428 g/mol. The van der Waals surface area contributed by atoms with Gasteiger partial charge >= 0.3 is 0 Å². The van der Waals surface area contributed by atoms with Crippen molar-refractivity contribution >= 4 is 24.9 Å². The molecule has 2 unspecified atom stereocenters. The molecular weight excluding hydrogens is 388 g/mol. The van der Waals surface area contributed by atoms with Crippen molar-refractivity contribution in [2.45, 2.75) is 96.6 Å². The lowest BCUT2D eigenvalue weighted by molar-refractivity contribution is -0.133. The molecular formula is C25H40N2O2Si. The molecule has 1 aromatic carbocycles. The van der Waals surface area contributed by atoms with Gasteiger partial charge in [-0.05, 0) is 36.8 Å². The number of fused-ring (bicyclic) bond motifs is 3. The molecule has 5 heteroatoms. The van der Waals surface area contributed by atoms with E-state index in [9.17, 15) is 4.79 Å². The molecule has 166 valence electrons. The normalized spacial score (nSPS) is 20.2. The zero-order chi connectivity index (χ0) is 21.9. The quantitative estimate of drug-likeness (QED) is 0.492. The van der Waals surface area contributed by atoms with Crippen LogP contribution in [0.3, 0.4) is 0 Å². The first-order valence-electron chi connectivity index (χ1n) is 11.8. The third kappa shape index (κ3) is 4.52. The van der Waals surface area contributed by atoms with E-state index in [2.05, 4.69) is 68.9 Å². The fourth-order valence-electron chi connectivity index (χ4n) is 4.88. The maximum absolute atomic E-state index is 13.3. The standard InChI is InChI=1S/C25H40N2O2Si/c1-7-10-14-22(30(4,5)6)26-21(28)17-25(9-3)24-20(15-16-29-25)19-13-11-12-18(8-2)23(19)27-24/h11-13,22,27H,7-10,14-17H2,1-6H3,(H,26,28). The number of carbonyl (C=O) groups is 1. The molecule has 0 spiro atoms. The van der Waals surface area contributed by atoms with Crippen molar-refractivity contribution in [3.63, 3.8) is 0 Å². The zero-order valence-corrected chi connectivity index (χ0v) is 20.8. The summed E-state index contributed by atoms with van der Waals surface area (Å²) in [7, 11) is -1.48. The molecule has 30 heavy (non-hydrogen) atoms. The maximum Gasteiger partial charge on any atom is 0.223 e. The van der Waals surface area contributed by atoms with Crippen molar-refractivity contribution in [3.05, 3.63) is 35.0 Å². The number of aryl methyl sites for hydroxylation is 1. The Hall–Kier alpha value is -1.59. The van der Waals surface area contributed by atoms with Gasteiger partial charge in [0, 0.05) is 16.6 Å². The average molecular weight is 429 g/mol. The first kappa shape index (κ1) is 23.1. The predicted molar refractivity (Wildman–Crippen MR) is 129 cm³/mol. The molecule has 2 aromatic rings. The van der Waals surface area contributed by atoms with Crippen LogP contribution in [0.25, 0.3) is 10.9 Å². The van der Waals surface area contributed by atoms with Crippen LogP contribution in [0.15, 0.2) is 18.2 Å². The molecule has 1 aliphatic rings. The van der Waals surface area contributed by atoms with Crippen LogP contribution >= 0.6 is 0 Å². The number of aromatic nitrogens is 1. The van der Waals surface area contributed by atoms with Crippen LogP contribution in [0.1, 0.15) is 69.7 Å². The highest BCUT2D eigenvalue weighted by molar-refractivity contribution is 6.77. The summed E-state index contributed by atoms with van der Waals surface area (Å²) in [5.41, 5.74) is 4.77. The Morgan fingerprint density at radius 3 is 2.67 bits per heavy atom. The first-order valence-corrected chi connectivity index (χ1v) is 15.4. The minimum absolute atomic E-state index is 0.127. The van der Waals surface area contributed by atoms with Crippen LogP contribution in [0.4, 0.5) is 0 Å². The molecule has 1 aromatic heterocycles. The van der Waals surface area contributed by atoms with Crippen LogP contribution in [-0.4, -0.2) is 31.2 Å². The number of benzene rings is 1. The summed E-state index contributed by atoms with van der Waals surface area (Å²) < 4.78 is 6.38. The summed E-state index contributed by atoms with van der Waals surface area (Å²) in [6.07, 6.45) is 6.47. The molecule has 0 aliphatic carbocycles. The van der Waals surface area contributed by atoms with E-state index in [-0.39, 0.29) is 5.91 Å².